The normalized spacial score (nSPS) is 26.0. The van der Waals surface area contributed by atoms with Crippen molar-refractivity contribution in [1.82, 2.24) is 10.6 Å². The van der Waals surface area contributed by atoms with Crippen LogP contribution in [0.25, 0.3) is 0 Å². The highest BCUT2D eigenvalue weighted by Crippen LogP contribution is 2.38. The summed E-state index contributed by atoms with van der Waals surface area (Å²) < 4.78 is 6.96. The fourth-order valence-electron chi connectivity index (χ4n) is 4.44. The zero-order valence-corrected chi connectivity index (χ0v) is 19.3. The van der Waals surface area contributed by atoms with E-state index in [9.17, 15) is 15.1 Å². The van der Waals surface area contributed by atoms with Crippen LogP contribution in [-0.4, -0.2) is 40.7 Å². The van der Waals surface area contributed by atoms with E-state index in [1.54, 1.807) is 24.3 Å². The highest BCUT2D eigenvalue weighted by atomic mass is 16.5. The van der Waals surface area contributed by atoms with Gasteiger partial charge < -0.3 is 25.9 Å². The van der Waals surface area contributed by atoms with Gasteiger partial charge >= 0.3 is 11.6 Å². The fraction of sp³-hybridized carbons (Fsp3) is 0.500. The molecule has 5 N–H and O–H groups in total. The first kappa shape index (κ1) is 22.7. The number of aromatic nitrogens is 1. The Morgan fingerprint density at radius 1 is 1.12 bits per heavy atom. The third kappa shape index (κ3) is 5.33. The first-order chi connectivity index (χ1) is 16.5. The van der Waals surface area contributed by atoms with Crippen LogP contribution < -0.4 is 15.4 Å². The number of amides is 1. The van der Waals surface area contributed by atoms with Gasteiger partial charge in [0.1, 0.15) is 5.76 Å². The molecule has 0 spiro atoms. The van der Waals surface area contributed by atoms with Gasteiger partial charge in [0.25, 0.3) is 0 Å². The lowest BCUT2D eigenvalue weighted by atomic mass is 9.93. The van der Waals surface area contributed by atoms with E-state index in [0.29, 0.717) is 41.2 Å². The van der Waals surface area contributed by atoms with Crippen molar-refractivity contribution in [2.45, 2.75) is 69.4 Å². The van der Waals surface area contributed by atoms with E-state index in [2.05, 4.69) is 10.6 Å². The Labute approximate surface area is 199 Å². The van der Waals surface area contributed by atoms with Gasteiger partial charge in [-0.15, -0.1) is 0 Å². The number of carbonyl (C=O) groups is 1. The maximum atomic E-state index is 13.1. The molecule has 1 amide bonds. The van der Waals surface area contributed by atoms with E-state index in [-0.39, 0.29) is 17.8 Å². The minimum Gasteiger partial charge on any atom is -0.491 e. The molecule has 0 saturated heterocycles. The Bertz CT molecular complexity index is 1060. The summed E-state index contributed by atoms with van der Waals surface area (Å²) in [5, 5.41) is 35.1. The van der Waals surface area contributed by atoms with Gasteiger partial charge in [-0.1, -0.05) is 0 Å². The summed E-state index contributed by atoms with van der Waals surface area (Å²) in [6.45, 7) is 0.561. The quantitative estimate of drug-likeness (QED) is 0.299. The molecule has 4 aliphatic carbocycles. The van der Waals surface area contributed by atoms with Crippen molar-refractivity contribution in [3.63, 3.8) is 0 Å². The zero-order chi connectivity index (χ0) is 23.7. The van der Waals surface area contributed by atoms with E-state index in [1.165, 1.54) is 0 Å². The van der Waals surface area contributed by atoms with Crippen LogP contribution in [0.3, 0.4) is 0 Å². The molecule has 0 unspecified atom stereocenters. The van der Waals surface area contributed by atoms with E-state index in [4.69, 9.17) is 10.1 Å². The molecule has 0 radical (unpaired) electrons. The Morgan fingerprint density at radius 3 is 2.59 bits per heavy atom. The zero-order valence-electron chi connectivity index (χ0n) is 19.3. The Morgan fingerprint density at radius 2 is 1.88 bits per heavy atom. The summed E-state index contributed by atoms with van der Waals surface area (Å²) in [7, 11) is 0. The number of hydrogen-bond acceptors (Lipinski definition) is 6. The molecule has 1 aromatic heterocycles. The van der Waals surface area contributed by atoms with Gasteiger partial charge in [0.15, 0.2) is 0 Å². The van der Waals surface area contributed by atoms with Crippen LogP contribution >= 0.6 is 0 Å². The predicted octanol–water partition coefficient (Wildman–Crippen LogP) is 2.82. The fourth-order valence-corrected chi connectivity index (χ4v) is 4.44. The van der Waals surface area contributed by atoms with E-state index >= 15 is 0 Å². The van der Waals surface area contributed by atoms with Crippen LogP contribution in [0, 0.1) is 11.3 Å². The van der Waals surface area contributed by atoms with Crippen molar-refractivity contribution in [3.8, 4) is 0 Å². The summed E-state index contributed by atoms with van der Waals surface area (Å²) >= 11 is 0. The molecule has 34 heavy (non-hydrogen) atoms. The number of aliphatic hydroxyl groups is 1. The Hall–Kier alpha value is -3.13. The van der Waals surface area contributed by atoms with Gasteiger partial charge in [-0.3, -0.25) is 10.0 Å². The molecule has 5 rings (SSSR count). The molecule has 8 heteroatoms. The monoisotopic (exact) mass is 465 g/mol. The Balaban J connectivity index is 1.34. The number of rotatable bonds is 8. The van der Waals surface area contributed by atoms with Crippen LogP contribution in [0.2, 0.25) is 0 Å². The van der Waals surface area contributed by atoms with Crippen LogP contribution in [0.1, 0.15) is 73.5 Å². The third-order valence-electron chi connectivity index (χ3n) is 6.96. The number of pyridine rings is 1. The van der Waals surface area contributed by atoms with Gasteiger partial charge in [0.2, 0.25) is 5.69 Å². The molecule has 8 nitrogen and oxygen atoms in total. The molecule has 0 aliphatic heterocycles. The summed E-state index contributed by atoms with van der Waals surface area (Å²) in [4.78, 5) is 13.1. The first-order valence-electron chi connectivity index (χ1n) is 12.3. The first-order valence-corrected chi connectivity index (χ1v) is 12.3. The van der Waals surface area contributed by atoms with Gasteiger partial charge in [-0.25, -0.2) is 0 Å². The van der Waals surface area contributed by atoms with Gasteiger partial charge in [-0.05, 0) is 69.4 Å². The number of nitrogens with one attached hydrogen (secondary N) is 3. The molecule has 0 aromatic carbocycles. The van der Waals surface area contributed by atoms with Crippen molar-refractivity contribution in [3.05, 3.63) is 65.0 Å². The second kappa shape index (κ2) is 9.62. The van der Waals surface area contributed by atoms with Gasteiger partial charge in [0.05, 0.1) is 24.1 Å². The van der Waals surface area contributed by atoms with Gasteiger partial charge in [-0.2, -0.15) is 0 Å². The molecule has 0 atom stereocenters. The van der Waals surface area contributed by atoms with Crippen molar-refractivity contribution in [1.29, 1.82) is 5.41 Å². The molecule has 1 aromatic rings. The lowest BCUT2D eigenvalue weighted by Gasteiger charge is -2.26. The smallest absolute Gasteiger partial charge is 0.325 e. The summed E-state index contributed by atoms with van der Waals surface area (Å²) in [6.07, 6.45) is 12.6. The van der Waals surface area contributed by atoms with Crippen molar-refractivity contribution in [2.24, 2.45) is 5.92 Å². The Kier molecular flexibility index (Phi) is 6.41. The molecular weight excluding hydrogens is 432 g/mol. The lowest BCUT2D eigenvalue weighted by Crippen LogP contribution is -2.45. The highest BCUT2D eigenvalue weighted by molar-refractivity contribution is 6.10. The number of hydrogen-bond donors (Lipinski definition) is 5. The maximum absolute atomic E-state index is 13.1. The lowest BCUT2D eigenvalue weighted by molar-refractivity contribution is -0.910. The minimum atomic E-state index is -0.431. The number of ether oxygens (including phenoxy) is 1. The second-order valence-corrected chi connectivity index (χ2v) is 9.88. The molecular formula is C26H33N4O4+. The highest BCUT2D eigenvalue weighted by Gasteiger charge is 2.36. The molecule has 4 aliphatic rings. The minimum absolute atomic E-state index is 0.164. The van der Waals surface area contributed by atoms with Gasteiger partial charge in [0, 0.05) is 46.7 Å². The number of nitrogens with zero attached hydrogens (tertiary/aromatic N) is 1. The summed E-state index contributed by atoms with van der Waals surface area (Å²) in [5.74, 6) is 0.860. The average Bonchev–Trinajstić information content (AvgIpc) is 3.74. The molecule has 1 heterocycles. The standard InChI is InChI=1S/C26H32N4O4/c27-21-13-25(34-15-16-4-5-16)22(12-18(21)14-28-19-8-10-20(31)11-9-19)29-26(32)24-3-1-2-23(30(24)33)17-6-7-17/h1-3,12-14,16-17,19-20,27,31-33H,4-11,15H2/p+1/t19-,20-. The topological polar surface area (TPSA) is 119 Å². The number of aliphatic hydroxyl groups excluding tert-OH is 1. The molecule has 180 valence electrons. The van der Waals surface area contributed by atoms with Crippen molar-refractivity contribution in [2.75, 3.05) is 6.61 Å². The van der Waals surface area contributed by atoms with Crippen LogP contribution in [-0.2, 0) is 4.74 Å². The molecule has 0 bridgehead atoms. The maximum Gasteiger partial charge on any atom is 0.325 e. The molecule has 3 fully saturated rings. The summed E-state index contributed by atoms with van der Waals surface area (Å²) in [5.41, 5.74) is 2.33. The number of allylic oxidation sites excluding steroid dienone is 3. The van der Waals surface area contributed by atoms with Crippen LogP contribution in [0.15, 0.2) is 53.6 Å². The second-order valence-electron chi connectivity index (χ2n) is 9.88. The number of carbonyl (C=O) groups excluding carboxylic acids is 1. The van der Waals surface area contributed by atoms with Crippen LogP contribution in [0.5, 0.6) is 0 Å². The molecule has 3 saturated carbocycles. The van der Waals surface area contributed by atoms with E-state index < -0.39 is 5.91 Å². The average molecular weight is 466 g/mol. The van der Waals surface area contributed by atoms with E-state index in [0.717, 1.165) is 61.8 Å². The SMILES string of the molecule is N=C1C=C(OCC2CC2)C(NC(=O)c2cccc(C3CC3)[n+]2O)=C/C1=C/N[C@H]1CC[C@H](O)CC1. The van der Waals surface area contributed by atoms with Crippen LogP contribution in [0.4, 0.5) is 0 Å². The van der Waals surface area contributed by atoms with Crippen molar-refractivity contribution < 1.29 is 24.6 Å². The van der Waals surface area contributed by atoms with Crippen molar-refractivity contribution >= 4 is 11.6 Å². The predicted molar refractivity (Wildman–Crippen MR) is 125 cm³/mol. The summed E-state index contributed by atoms with van der Waals surface area (Å²) in [6, 6.07) is 5.48. The largest absolute Gasteiger partial charge is 0.491 e. The van der Waals surface area contributed by atoms with E-state index in [1.807, 2.05) is 12.3 Å². The third-order valence-corrected chi connectivity index (χ3v) is 6.96.